The molecule has 1 rings (SSSR count). The van der Waals surface area contributed by atoms with Crippen LogP contribution in [0.1, 0.15) is 53.9 Å². The van der Waals surface area contributed by atoms with E-state index in [0.717, 1.165) is 19.3 Å². The molecule has 0 aromatic heterocycles. The molecule has 0 aromatic rings. The van der Waals surface area contributed by atoms with Crippen molar-refractivity contribution >= 4 is 5.97 Å². The Morgan fingerprint density at radius 1 is 1.56 bits per heavy atom. The summed E-state index contributed by atoms with van der Waals surface area (Å²) in [6.45, 7) is 14.0. The van der Waals surface area contributed by atoms with Crippen LogP contribution in [0.25, 0.3) is 0 Å². The molecule has 0 amide bonds. The minimum atomic E-state index is -0.392. The van der Waals surface area contributed by atoms with Gasteiger partial charge >= 0.3 is 5.97 Å². The Labute approximate surface area is 111 Å². The molecular weight excluding hydrogens is 224 g/mol. The van der Waals surface area contributed by atoms with E-state index in [4.69, 9.17) is 4.74 Å². The standard InChI is InChI=1S/C16H26O2/c1-7-16(5,6)15(17)18-14-10-13(11(2)3)9-8-12(14)4/h8,13-14H,2,7,9-10H2,1,3-6H3/t13-,14-/m1/s1. The first-order chi connectivity index (χ1) is 8.27. The molecule has 0 unspecified atom stereocenters. The predicted molar refractivity (Wildman–Crippen MR) is 75.2 cm³/mol. The predicted octanol–water partition coefficient (Wildman–Crippen LogP) is 4.27. The summed E-state index contributed by atoms with van der Waals surface area (Å²) in [6.07, 6.45) is 4.80. The second kappa shape index (κ2) is 5.73. The van der Waals surface area contributed by atoms with Crippen LogP contribution in [-0.2, 0) is 9.53 Å². The zero-order valence-electron chi connectivity index (χ0n) is 12.4. The fraction of sp³-hybridized carbons (Fsp3) is 0.688. The Balaban J connectivity index is 2.72. The van der Waals surface area contributed by atoms with Crippen LogP contribution in [0.4, 0.5) is 0 Å². The minimum Gasteiger partial charge on any atom is -0.457 e. The van der Waals surface area contributed by atoms with E-state index in [0.29, 0.717) is 5.92 Å². The van der Waals surface area contributed by atoms with Gasteiger partial charge in [-0.25, -0.2) is 0 Å². The van der Waals surface area contributed by atoms with Crippen molar-refractivity contribution in [3.8, 4) is 0 Å². The van der Waals surface area contributed by atoms with Crippen LogP contribution < -0.4 is 0 Å². The summed E-state index contributed by atoms with van der Waals surface area (Å²) in [4.78, 5) is 12.1. The first kappa shape index (κ1) is 15.0. The van der Waals surface area contributed by atoms with Crippen molar-refractivity contribution in [3.63, 3.8) is 0 Å². The average Bonchev–Trinajstić information content (AvgIpc) is 2.31. The lowest BCUT2D eigenvalue weighted by Gasteiger charge is -2.31. The summed E-state index contributed by atoms with van der Waals surface area (Å²) < 4.78 is 5.69. The molecule has 2 atom stereocenters. The van der Waals surface area contributed by atoms with E-state index in [9.17, 15) is 4.79 Å². The van der Waals surface area contributed by atoms with Crippen LogP contribution in [0.5, 0.6) is 0 Å². The fourth-order valence-corrected chi connectivity index (χ4v) is 1.98. The largest absolute Gasteiger partial charge is 0.457 e. The maximum absolute atomic E-state index is 12.1. The van der Waals surface area contributed by atoms with E-state index in [1.807, 2.05) is 34.6 Å². The van der Waals surface area contributed by atoms with Gasteiger partial charge in [0.05, 0.1) is 5.41 Å². The van der Waals surface area contributed by atoms with Crippen molar-refractivity contribution < 1.29 is 9.53 Å². The molecule has 18 heavy (non-hydrogen) atoms. The lowest BCUT2D eigenvalue weighted by Crippen LogP contribution is -2.33. The minimum absolute atomic E-state index is 0.0706. The first-order valence-corrected chi connectivity index (χ1v) is 6.81. The number of ether oxygens (including phenoxy) is 1. The van der Waals surface area contributed by atoms with Crippen LogP contribution >= 0.6 is 0 Å². The van der Waals surface area contributed by atoms with Crippen LogP contribution in [0.15, 0.2) is 23.8 Å². The summed E-state index contributed by atoms with van der Waals surface area (Å²) in [5, 5.41) is 0. The van der Waals surface area contributed by atoms with Gasteiger partial charge in [0, 0.05) is 0 Å². The van der Waals surface area contributed by atoms with Crippen LogP contribution in [0, 0.1) is 11.3 Å². The summed E-state index contributed by atoms with van der Waals surface area (Å²) in [7, 11) is 0. The second-order valence-corrected chi connectivity index (χ2v) is 6.09. The van der Waals surface area contributed by atoms with Gasteiger partial charge in [0.15, 0.2) is 0 Å². The molecule has 2 nitrogen and oxygen atoms in total. The zero-order chi connectivity index (χ0) is 13.9. The van der Waals surface area contributed by atoms with Crippen molar-refractivity contribution in [3.05, 3.63) is 23.8 Å². The van der Waals surface area contributed by atoms with Crippen LogP contribution in [0.2, 0.25) is 0 Å². The van der Waals surface area contributed by atoms with Crippen molar-refractivity contribution in [1.29, 1.82) is 0 Å². The third kappa shape index (κ3) is 3.47. The lowest BCUT2D eigenvalue weighted by molar-refractivity contribution is -0.158. The highest BCUT2D eigenvalue weighted by Crippen LogP contribution is 2.32. The van der Waals surface area contributed by atoms with Crippen LogP contribution in [0.3, 0.4) is 0 Å². The number of carbonyl (C=O) groups excluding carboxylic acids is 1. The van der Waals surface area contributed by atoms with Gasteiger partial charge in [-0.15, -0.1) is 0 Å². The van der Waals surface area contributed by atoms with Gasteiger partial charge in [0.1, 0.15) is 6.10 Å². The van der Waals surface area contributed by atoms with E-state index in [1.54, 1.807) is 0 Å². The highest BCUT2D eigenvalue weighted by Gasteiger charge is 2.32. The highest BCUT2D eigenvalue weighted by atomic mass is 16.5. The third-order valence-corrected chi connectivity index (χ3v) is 4.11. The molecule has 0 saturated carbocycles. The lowest BCUT2D eigenvalue weighted by atomic mass is 9.83. The average molecular weight is 250 g/mol. The Morgan fingerprint density at radius 3 is 2.67 bits per heavy atom. The van der Waals surface area contributed by atoms with E-state index in [-0.39, 0.29) is 12.1 Å². The summed E-state index contributed by atoms with van der Waals surface area (Å²) in [6, 6.07) is 0. The maximum atomic E-state index is 12.1. The molecule has 2 heteroatoms. The monoisotopic (exact) mass is 250 g/mol. The van der Waals surface area contributed by atoms with Gasteiger partial charge in [0.2, 0.25) is 0 Å². The number of carbonyl (C=O) groups is 1. The number of rotatable bonds is 4. The normalized spacial score (nSPS) is 24.4. The third-order valence-electron chi connectivity index (χ3n) is 4.11. The molecular formula is C16H26O2. The molecule has 0 N–H and O–H groups in total. The quantitative estimate of drug-likeness (QED) is 0.550. The van der Waals surface area contributed by atoms with E-state index in [2.05, 4.69) is 12.7 Å². The molecule has 0 spiro atoms. The zero-order valence-corrected chi connectivity index (χ0v) is 12.4. The summed E-state index contributed by atoms with van der Waals surface area (Å²) in [5.41, 5.74) is 1.96. The molecule has 0 bridgehead atoms. The maximum Gasteiger partial charge on any atom is 0.312 e. The van der Waals surface area contributed by atoms with Gasteiger partial charge in [0.25, 0.3) is 0 Å². The Kier molecular flexibility index (Phi) is 4.78. The smallest absolute Gasteiger partial charge is 0.312 e. The highest BCUT2D eigenvalue weighted by molar-refractivity contribution is 5.76. The van der Waals surface area contributed by atoms with Crippen molar-refractivity contribution in [1.82, 2.24) is 0 Å². The van der Waals surface area contributed by atoms with Gasteiger partial charge in [-0.3, -0.25) is 4.79 Å². The number of hydrogen-bond acceptors (Lipinski definition) is 2. The Morgan fingerprint density at radius 2 is 2.17 bits per heavy atom. The van der Waals surface area contributed by atoms with Gasteiger partial charge in [-0.1, -0.05) is 25.2 Å². The molecule has 1 aliphatic carbocycles. The molecule has 0 aromatic carbocycles. The van der Waals surface area contributed by atoms with E-state index >= 15 is 0 Å². The molecule has 102 valence electrons. The Hall–Kier alpha value is -1.05. The summed E-state index contributed by atoms with van der Waals surface area (Å²) in [5.74, 6) is 0.348. The van der Waals surface area contributed by atoms with Crippen molar-refractivity contribution in [2.45, 2.75) is 60.0 Å². The van der Waals surface area contributed by atoms with E-state index in [1.165, 1.54) is 11.1 Å². The Bertz CT molecular complexity index is 363. The fourth-order valence-electron chi connectivity index (χ4n) is 1.98. The van der Waals surface area contributed by atoms with Crippen LogP contribution in [-0.4, -0.2) is 12.1 Å². The molecule has 0 radical (unpaired) electrons. The number of hydrogen-bond donors (Lipinski definition) is 0. The number of allylic oxidation sites excluding steroid dienone is 2. The first-order valence-electron chi connectivity index (χ1n) is 6.81. The van der Waals surface area contributed by atoms with Gasteiger partial charge < -0.3 is 4.74 Å². The molecule has 0 fully saturated rings. The van der Waals surface area contributed by atoms with Gasteiger partial charge in [-0.2, -0.15) is 0 Å². The second-order valence-electron chi connectivity index (χ2n) is 6.09. The summed E-state index contributed by atoms with van der Waals surface area (Å²) >= 11 is 0. The topological polar surface area (TPSA) is 26.3 Å². The van der Waals surface area contributed by atoms with E-state index < -0.39 is 5.41 Å². The number of esters is 1. The van der Waals surface area contributed by atoms with Crippen molar-refractivity contribution in [2.24, 2.45) is 11.3 Å². The molecule has 1 aliphatic rings. The molecule has 0 saturated heterocycles. The van der Waals surface area contributed by atoms with Gasteiger partial charge in [-0.05, 0) is 58.4 Å². The molecule has 0 heterocycles. The molecule has 0 aliphatic heterocycles. The SMILES string of the molecule is C=C(C)[C@@H]1CC=C(C)[C@H](OC(=O)C(C)(C)CC)C1. The van der Waals surface area contributed by atoms with Crippen molar-refractivity contribution in [2.75, 3.05) is 0 Å².